The quantitative estimate of drug-likeness (QED) is 0.0203. The molecule has 11 atom stereocenters. The highest BCUT2D eigenvalue weighted by Gasteiger charge is 2.47. The lowest BCUT2D eigenvalue weighted by molar-refractivity contribution is -0.332. The highest BCUT2D eigenvalue weighted by Crippen LogP contribution is 2.26. The van der Waals surface area contributed by atoms with Crippen molar-refractivity contribution < 1.29 is 73.8 Å². The van der Waals surface area contributed by atoms with Crippen LogP contribution in [0.5, 0.6) is 0 Å². The summed E-state index contributed by atoms with van der Waals surface area (Å²) in [5.74, 6) is -0.936. The molecule has 0 saturated carbocycles. The second kappa shape index (κ2) is 37.0. The summed E-state index contributed by atoms with van der Waals surface area (Å²) in [5.41, 5.74) is 0. The first-order valence-electron chi connectivity index (χ1n) is 24.9. The van der Waals surface area contributed by atoms with Crippen LogP contribution in [0.2, 0.25) is 0 Å². The highest BCUT2D eigenvalue weighted by atomic mass is 16.7. The van der Waals surface area contributed by atoms with Crippen molar-refractivity contribution in [2.45, 2.75) is 248 Å². The Morgan fingerprint density at radius 3 is 1.50 bits per heavy atom. The van der Waals surface area contributed by atoms with E-state index in [1.54, 1.807) is 0 Å². The molecule has 7 N–H and O–H groups in total. The molecule has 15 nitrogen and oxygen atoms in total. The Kier molecular flexibility index (Phi) is 33.6. The van der Waals surface area contributed by atoms with E-state index in [2.05, 4.69) is 38.2 Å². The van der Waals surface area contributed by atoms with Gasteiger partial charge in [-0.1, -0.05) is 154 Å². The average molecular weight is 917 g/mol. The van der Waals surface area contributed by atoms with E-state index in [1.807, 2.05) is 0 Å². The molecule has 64 heavy (non-hydrogen) atoms. The van der Waals surface area contributed by atoms with Crippen LogP contribution in [0.1, 0.15) is 181 Å². The molecule has 374 valence electrons. The van der Waals surface area contributed by atoms with Gasteiger partial charge in [-0.15, -0.1) is 0 Å². The van der Waals surface area contributed by atoms with Crippen molar-refractivity contribution in [3.05, 3.63) is 24.3 Å². The van der Waals surface area contributed by atoms with Gasteiger partial charge in [0.15, 0.2) is 18.7 Å². The molecule has 2 aliphatic heterocycles. The minimum absolute atomic E-state index is 0.166. The first-order valence-corrected chi connectivity index (χ1v) is 24.9. The lowest BCUT2D eigenvalue weighted by Gasteiger charge is -2.42. The normalized spacial score (nSPS) is 26.8. The van der Waals surface area contributed by atoms with Crippen molar-refractivity contribution in [2.24, 2.45) is 0 Å². The number of ether oxygens (including phenoxy) is 6. The summed E-state index contributed by atoms with van der Waals surface area (Å²) in [6.45, 7) is 2.54. The van der Waals surface area contributed by atoms with Crippen LogP contribution in [-0.2, 0) is 38.0 Å². The van der Waals surface area contributed by atoms with E-state index in [9.17, 15) is 45.3 Å². The number of esters is 2. The molecule has 4 unspecified atom stereocenters. The van der Waals surface area contributed by atoms with Gasteiger partial charge in [0.05, 0.1) is 19.8 Å². The molecule has 0 radical (unpaired) electrons. The van der Waals surface area contributed by atoms with Crippen LogP contribution < -0.4 is 0 Å². The van der Waals surface area contributed by atoms with Crippen molar-refractivity contribution in [1.82, 2.24) is 0 Å². The molecule has 0 bridgehead atoms. The van der Waals surface area contributed by atoms with Crippen LogP contribution >= 0.6 is 0 Å². The van der Waals surface area contributed by atoms with Gasteiger partial charge in [0.25, 0.3) is 0 Å². The van der Waals surface area contributed by atoms with Crippen LogP contribution in [0.25, 0.3) is 0 Å². The number of carbonyl (C=O) groups is 2. The maximum Gasteiger partial charge on any atom is 0.306 e. The van der Waals surface area contributed by atoms with Gasteiger partial charge >= 0.3 is 11.9 Å². The average Bonchev–Trinajstić information content (AvgIpc) is 3.29. The topological polar surface area (TPSA) is 231 Å². The van der Waals surface area contributed by atoms with Gasteiger partial charge in [-0.25, -0.2) is 0 Å². The van der Waals surface area contributed by atoms with Crippen molar-refractivity contribution in [1.29, 1.82) is 0 Å². The summed E-state index contributed by atoms with van der Waals surface area (Å²) in [7, 11) is 0. The standard InChI is InChI=1S/C49H88O15/c1-3-5-7-9-11-13-15-17-19-21-23-25-27-29-31-40(51)59-34-37(62-41(52)32-30-28-26-24-22-20-18-16-14-12-10-8-6-4-2)35-60-48-47(58)45(56)43(54)39(64-48)36-61-49-46(57)44(55)42(53)38(33-50)63-49/h9,11,15,17,37-39,42-50,53-58H,3-8,10,12-14,16,18-36H2,1-2H3/b11-9+,17-15+/t37-,38-,39-,42+,43+,44?,45?,46?,47?,48-,49-/m1/s1. The summed E-state index contributed by atoms with van der Waals surface area (Å²) < 4.78 is 33.5. The first kappa shape index (κ1) is 58.1. The number of hydrogen-bond donors (Lipinski definition) is 7. The Labute approximate surface area is 383 Å². The Hall–Kier alpha value is -2.02. The van der Waals surface area contributed by atoms with Gasteiger partial charge < -0.3 is 64.2 Å². The van der Waals surface area contributed by atoms with Gasteiger partial charge in [-0.2, -0.15) is 0 Å². The number of rotatable bonds is 38. The molecule has 2 aliphatic rings. The van der Waals surface area contributed by atoms with E-state index >= 15 is 0 Å². The van der Waals surface area contributed by atoms with E-state index < -0.39 is 92.7 Å². The minimum Gasteiger partial charge on any atom is -0.462 e. The van der Waals surface area contributed by atoms with Crippen LogP contribution in [0.4, 0.5) is 0 Å². The summed E-state index contributed by atoms with van der Waals surface area (Å²) in [4.78, 5) is 25.7. The fourth-order valence-corrected chi connectivity index (χ4v) is 7.76. The summed E-state index contributed by atoms with van der Waals surface area (Å²) in [6, 6.07) is 0. The van der Waals surface area contributed by atoms with E-state index in [1.165, 1.54) is 77.0 Å². The maximum absolute atomic E-state index is 13.0. The molecule has 0 aliphatic carbocycles. The fraction of sp³-hybridized carbons (Fsp3) is 0.878. The number of hydrogen-bond acceptors (Lipinski definition) is 15. The predicted octanol–water partition coefficient (Wildman–Crippen LogP) is 6.38. The SMILES string of the molecule is CCCC/C=C/C/C=C/CCCCCCCC(=O)OC[C@H](CO[C@@H]1O[C@H](CO[C@@H]2O[C@H](CO)[C@H](O)C(O)C2O)[C@H](O)C(O)C1O)OC(=O)CCCCCCCCCCCCCCCC. The zero-order valence-electron chi connectivity index (χ0n) is 39.3. The largest absolute Gasteiger partial charge is 0.462 e. The number of allylic oxidation sites excluding steroid dienone is 4. The van der Waals surface area contributed by atoms with Gasteiger partial charge in [0.2, 0.25) is 0 Å². The zero-order valence-corrected chi connectivity index (χ0v) is 39.3. The molecule has 0 aromatic carbocycles. The Bertz CT molecular complexity index is 1220. The number of aliphatic hydroxyl groups is 7. The van der Waals surface area contributed by atoms with E-state index in [4.69, 9.17) is 28.4 Å². The van der Waals surface area contributed by atoms with Crippen LogP contribution in [0, 0.1) is 0 Å². The minimum atomic E-state index is -1.76. The van der Waals surface area contributed by atoms with Crippen molar-refractivity contribution >= 4 is 11.9 Å². The van der Waals surface area contributed by atoms with Gasteiger partial charge in [-0.3, -0.25) is 9.59 Å². The molecule has 2 rings (SSSR count). The van der Waals surface area contributed by atoms with Crippen molar-refractivity contribution in [2.75, 3.05) is 26.4 Å². The Morgan fingerprint density at radius 1 is 0.500 bits per heavy atom. The Morgan fingerprint density at radius 2 is 0.953 bits per heavy atom. The first-order chi connectivity index (χ1) is 31.0. The van der Waals surface area contributed by atoms with Gasteiger partial charge in [0, 0.05) is 12.8 Å². The maximum atomic E-state index is 13.0. The van der Waals surface area contributed by atoms with Crippen LogP contribution in [0.15, 0.2) is 24.3 Å². The molecular weight excluding hydrogens is 829 g/mol. The highest BCUT2D eigenvalue weighted by molar-refractivity contribution is 5.70. The van der Waals surface area contributed by atoms with Gasteiger partial charge in [-0.05, 0) is 38.5 Å². The van der Waals surface area contributed by atoms with Crippen molar-refractivity contribution in [3.8, 4) is 0 Å². The lowest BCUT2D eigenvalue weighted by Crippen LogP contribution is -2.61. The second-order valence-electron chi connectivity index (χ2n) is 17.6. The van der Waals surface area contributed by atoms with E-state index in [0.717, 1.165) is 64.2 Å². The molecule has 0 amide bonds. The van der Waals surface area contributed by atoms with Crippen LogP contribution in [-0.4, -0.2) is 142 Å². The Balaban J connectivity index is 1.83. The summed E-state index contributed by atoms with van der Waals surface area (Å²) in [5, 5.41) is 72.0. The van der Waals surface area contributed by atoms with Crippen molar-refractivity contribution in [3.63, 3.8) is 0 Å². The molecular formula is C49H88O15. The molecule has 0 aromatic heterocycles. The third kappa shape index (κ3) is 25.2. The molecule has 0 aromatic rings. The molecule has 2 saturated heterocycles. The molecule has 2 fully saturated rings. The predicted molar refractivity (Wildman–Crippen MR) is 243 cm³/mol. The van der Waals surface area contributed by atoms with Crippen LogP contribution in [0.3, 0.4) is 0 Å². The lowest BCUT2D eigenvalue weighted by atomic mass is 9.98. The number of carbonyl (C=O) groups excluding carboxylic acids is 2. The number of aliphatic hydroxyl groups excluding tert-OH is 7. The van der Waals surface area contributed by atoms with E-state index in [-0.39, 0.29) is 26.1 Å². The monoisotopic (exact) mass is 917 g/mol. The number of unbranched alkanes of at least 4 members (excludes halogenated alkanes) is 20. The molecule has 2 heterocycles. The summed E-state index contributed by atoms with van der Waals surface area (Å²) in [6.07, 6.45) is 19.2. The second-order valence-corrected chi connectivity index (χ2v) is 17.6. The fourth-order valence-electron chi connectivity index (χ4n) is 7.76. The molecule has 15 heteroatoms. The third-order valence-corrected chi connectivity index (χ3v) is 11.9. The third-order valence-electron chi connectivity index (χ3n) is 11.9. The van der Waals surface area contributed by atoms with Gasteiger partial charge in [0.1, 0.15) is 55.4 Å². The zero-order chi connectivity index (χ0) is 46.8. The molecule has 0 spiro atoms. The summed E-state index contributed by atoms with van der Waals surface area (Å²) >= 11 is 0. The smallest absolute Gasteiger partial charge is 0.306 e. The van der Waals surface area contributed by atoms with E-state index in [0.29, 0.717) is 12.8 Å².